The fourth-order valence-electron chi connectivity index (χ4n) is 2.26. The lowest BCUT2D eigenvalue weighted by molar-refractivity contribution is -0.119. The molecule has 0 heterocycles. The minimum absolute atomic E-state index is 0.188. The van der Waals surface area contributed by atoms with Crippen LogP contribution >= 0.6 is 0 Å². The molecule has 0 aliphatic rings. The van der Waals surface area contributed by atoms with Crippen LogP contribution in [0.4, 0.5) is 26.3 Å². The highest BCUT2D eigenvalue weighted by atomic mass is 32.2. The average molecular weight is 482 g/mol. The highest BCUT2D eigenvalue weighted by Crippen LogP contribution is 2.30. The van der Waals surface area contributed by atoms with E-state index < -0.39 is 57.1 Å². The van der Waals surface area contributed by atoms with Crippen molar-refractivity contribution in [3.8, 4) is 0 Å². The molecule has 0 radical (unpaired) electrons. The smallest absolute Gasteiger partial charge is 0.272 e. The molecule has 0 aliphatic carbocycles. The summed E-state index contributed by atoms with van der Waals surface area (Å²) >= 11 is 0. The number of benzene rings is 2. The second-order valence-corrected chi connectivity index (χ2v) is 9.28. The Labute approximate surface area is 178 Å². The van der Waals surface area contributed by atoms with Crippen LogP contribution in [-0.2, 0) is 31.0 Å². The maximum absolute atomic E-state index is 13.2. The predicted octanol–water partition coefficient (Wildman–Crippen LogP) is 5.97. The largest absolute Gasteiger partial charge is 0.457 e. The topological polar surface area (TPSA) is 58.9 Å². The van der Waals surface area contributed by atoms with Crippen LogP contribution in [0.3, 0.4) is 0 Å². The number of hydrogen-bond acceptors (Lipinski definition) is 2. The fraction of sp³-hybridized carbons (Fsp3) is 0.263. The number of nitrogens with zero attached hydrogens (tertiary/aromatic N) is 2. The van der Waals surface area contributed by atoms with Gasteiger partial charge in [0, 0.05) is 44.0 Å². The molecule has 2 rings (SSSR count). The Balaban J connectivity index is 2.06. The van der Waals surface area contributed by atoms with E-state index in [-0.39, 0.29) is 16.2 Å². The van der Waals surface area contributed by atoms with Crippen molar-refractivity contribution in [3.63, 3.8) is 0 Å². The predicted molar refractivity (Wildman–Crippen MR) is 105 cm³/mol. The zero-order valence-corrected chi connectivity index (χ0v) is 17.3. The Kier molecular flexibility index (Phi) is 8.69. The number of alkyl halides is 6. The molecule has 0 aliphatic heterocycles. The molecule has 2 aromatic rings. The lowest BCUT2D eigenvalue weighted by Crippen LogP contribution is -2.18. The van der Waals surface area contributed by atoms with Gasteiger partial charge in [-0.3, -0.25) is 9.59 Å². The maximum atomic E-state index is 13.2. The monoisotopic (exact) mass is 482 g/mol. The quantitative estimate of drug-likeness (QED) is 0.476. The van der Waals surface area contributed by atoms with E-state index >= 15 is 0 Å². The van der Waals surface area contributed by atoms with Crippen molar-refractivity contribution in [3.05, 3.63) is 60.7 Å². The van der Waals surface area contributed by atoms with Crippen molar-refractivity contribution in [2.24, 2.45) is 8.73 Å². The molecule has 0 spiro atoms. The van der Waals surface area contributed by atoms with Gasteiger partial charge in [0.25, 0.3) is 11.8 Å². The van der Waals surface area contributed by atoms with Gasteiger partial charge < -0.3 is 0 Å². The van der Waals surface area contributed by atoms with E-state index in [1.165, 1.54) is 60.7 Å². The molecule has 4 nitrogen and oxygen atoms in total. The molecular weight excluding hydrogens is 466 g/mol. The summed E-state index contributed by atoms with van der Waals surface area (Å²) in [6.07, 6.45) is -1.30. The average Bonchev–Trinajstić information content (AvgIpc) is 2.70. The second kappa shape index (κ2) is 10.8. The van der Waals surface area contributed by atoms with Crippen molar-refractivity contribution >= 4 is 33.2 Å². The van der Waals surface area contributed by atoms with Crippen molar-refractivity contribution in [2.75, 3.05) is 0 Å². The number of carbonyl (C=O) groups excluding carboxylic acids is 2. The molecule has 2 aromatic carbocycles. The first kappa shape index (κ1) is 24.9. The van der Waals surface area contributed by atoms with Gasteiger partial charge in [-0.2, -0.15) is 35.1 Å². The van der Waals surface area contributed by atoms with Crippen LogP contribution in [-0.4, -0.2) is 22.8 Å². The first-order valence-electron chi connectivity index (χ1n) is 8.70. The summed E-state index contributed by atoms with van der Waals surface area (Å²) in [6.45, 7) is 0. The summed E-state index contributed by atoms with van der Waals surface area (Å²) in [5.41, 5.74) is -9.53. The fourth-order valence-corrected chi connectivity index (χ4v) is 4.63. The third-order valence-electron chi connectivity index (χ3n) is 3.54. The van der Waals surface area contributed by atoms with E-state index in [4.69, 9.17) is 0 Å². The van der Waals surface area contributed by atoms with E-state index in [1.54, 1.807) is 0 Å². The van der Waals surface area contributed by atoms with Crippen LogP contribution < -0.4 is 0 Å². The highest BCUT2D eigenvalue weighted by molar-refractivity contribution is 7.88. The number of amides is 2. The normalized spacial score (nSPS) is 14.4. The van der Waals surface area contributed by atoms with Gasteiger partial charge in [0.2, 0.25) is 0 Å². The summed E-state index contributed by atoms with van der Waals surface area (Å²) in [5, 5.41) is 0. The Morgan fingerprint density at radius 3 is 1.26 bits per heavy atom. The third-order valence-corrected chi connectivity index (χ3v) is 6.63. The molecule has 0 saturated heterocycles. The van der Waals surface area contributed by atoms with Crippen molar-refractivity contribution in [1.29, 1.82) is 0 Å². The number of carbonyl (C=O) groups is 2. The van der Waals surface area contributed by atoms with Gasteiger partial charge in [0.15, 0.2) is 0 Å². The van der Waals surface area contributed by atoms with Gasteiger partial charge in [0.05, 0.1) is 0 Å². The zero-order chi connectivity index (χ0) is 23.1. The van der Waals surface area contributed by atoms with Gasteiger partial charge in [-0.25, -0.2) is 0 Å². The van der Waals surface area contributed by atoms with Gasteiger partial charge in [-0.05, 0) is 30.7 Å². The summed E-state index contributed by atoms with van der Waals surface area (Å²) in [5.74, 6) is -2.18. The van der Waals surface area contributed by atoms with Crippen LogP contribution in [0.5, 0.6) is 0 Å². The molecule has 0 aromatic heterocycles. The molecule has 31 heavy (non-hydrogen) atoms. The van der Waals surface area contributed by atoms with E-state index in [1.807, 2.05) is 0 Å². The van der Waals surface area contributed by atoms with Gasteiger partial charge >= 0.3 is 11.0 Å². The van der Waals surface area contributed by atoms with Crippen LogP contribution in [0.2, 0.25) is 0 Å². The molecule has 2 amide bonds. The van der Waals surface area contributed by atoms with Crippen LogP contribution in [0.25, 0.3) is 0 Å². The van der Waals surface area contributed by atoms with Crippen molar-refractivity contribution < 1.29 is 35.9 Å². The Bertz CT molecular complexity index is 895. The SMILES string of the molecule is O=C(CCCC(=O)N=S(c1ccccc1)C(F)(F)F)N=S(c1ccccc1)C(F)(F)F. The molecule has 0 saturated carbocycles. The van der Waals surface area contributed by atoms with Crippen molar-refractivity contribution in [2.45, 2.75) is 40.1 Å². The second-order valence-electron chi connectivity index (χ2n) is 5.91. The Morgan fingerprint density at radius 2 is 0.968 bits per heavy atom. The first-order chi connectivity index (χ1) is 14.5. The molecule has 2 unspecified atom stereocenters. The molecule has 0 bridgehead atoms. The minimum atomic E-state index is -4.76. The molecule has 2 atom stereocenters. The summed E-state index contributed by atoms with van der Waals surface area (Å²) in [4.78, 5) is 23.4. The summed E-state index contributed by atoms with van der Waals surface area (Å²) < 4.78 is 85.8. The van der Waals surface area contributed by atoms with E-state index in [2.05, 4.69) is 8.73 Å². The molecule has 168 valence electrons. The zero-order valence-electron chi connectivity index (χ0n) is 15.7. The molecule has 0 N–H and O–H groups in total. The van der Waals surface area contributed by atoms with E-state index in [9.17, 15) is 35.9 Å². The molecular formula is C19H16F6N2O2S2. The van der Waals surface area contributed by atoms with Crippen LogP contribution in [0.1, 0.15) is 19.3 Å². The van der Waals surface area contributed by atoms with Crippen molar-refractivity contribution in [1.82, 2.24) is 0 Å². The lowest BCUT2D eigenvalue weighted by atomic mass is 10.2. The van der Waals surface area contributed by atoms with E-state index in [0.717, 1.165) is 0 Å². The first-order valence-corrected chi connectivity index (χ1v) is 11.1. The molecule has 0 fully saturated rings. The van der Waals surface area contributed by atoms with Gasteiger partial charge in [0.1, 0.15) is 0 Å². The lowest BCUT2D eigenvalue weighted by Gasteiger charge is -2.12. The summed E-state index contributed by atoms with van der Waals surface area (Å²) in [6, 6.07) is 13.3. The number of halogens is 6. The third kappa shape index (κ3) is 8.02. The van der Waals surface area contributed by atoms with E-state index in [0.29, 0.717) is 0 Å². The van der Waals surface area contributed by atoms with Gasteiger partial charge in [-0.1, -0.05) is 36.4 Å². The Morgan fingerprint density at radius 1 is 0.645 bits per heavy atom. The van der Waals surface area contributed by atoms with Gasteiger partial charge in [-0.15, -0.1) is 0 Å². The Hall–Kier alpha value is -2.34. The molecule has 12 heteroatoms. The van der Waals surface area contributed by atoms with Crippen LogP contribution in [0.15, 0.2) is 79.2 Å². The standard InChI is InChI=1S/C19H16F6N2O2S2/c20-18(21,22)30(14-8-3-1-4-9-14)26-16(28)12-7-13-17(29)27-31(19(23,24)25)15-10-5-2-6-11-15/h1-6,8-11H,7,12-13H2. The maximum Gasteiger partial charge on any atom is 0.457 e. The number of hydrogen-bond donors (Lipinski definition) is 0. The van der Waals surface area contributed by atoms with Crippen LogP contribution in [0, 0.1) is 0 Å². The highest BCUT2D eigenvalue weighted by Gasteiger charge is 2.37. The minimum Gasteiger partial charge on any atom is -0.272 e. The summed E-state index contributed by atoms with van der Waals surface area (Å²) in [7, 11) is -5.35. The number of rotatable bonds is 6.